The Morgan fingerprint density at radius 2 is 2.15 bits per heavy atom. The van der Waals surface area contributed by atoms with E-state index in [0.717, 1.165) is 35.3 Å². The molecule has 4 aromatic rings. The van der Waals surface area contributed by atoms with Crippen molar-refractivity contribution in [1.82, 2.24) is 19.9 Å². The first-order chi connectivity index (χ1) is 15.9. The van der Waals surface area contributed by atoms with Crippen molar-refractivity contribution in [3.8, 4) is 22.2 Å². The number of nitro benzene ring substituents is 1. The average molecular weight is 467 g/mol. The Bertz CT molecular complexity index is 1400. The third kappa shape index (κ3) is 4.02. The second-order valence-corrected chi connectivity index (χ2v) is 8.74. The first kappa shape index (κ1) is 21.0. The number of non-ortho nitro benzene ring substituents is 1. The molecule has 4 heterocycles. The van der Waals surface area contributed by atoms with E-state index in [2.05, 4.69) is 9.97 Å². The Labute approximate surface area is 191 Å². The van der Waals surface area contributed by atoms with Crippen LogP contribution in [0.5, 0.6) is 11.5 Å². The lowest BCUT2D eigenvalue weighted by Gasteiger charge is -2.13. The number of halogens is 1. The van der Waals surface area contributed by atoms with Gasteiger partial charge in [0, 0.05) is 37.0 Å². The number of benzene rings is 1. The van der Waals surface area contributed by atoms with Crippen LogP contribution in [0.2, 0.25) is 0 Å². The molecule has 0 atom stereocenters. The molecule has 9 nitrogen and oxygen atoms in total. The molecule has 3 aromatic heterocycles. The molecule has 168 valence electrons. The monoisotopic (exact) mass is 467 g/mol. The maximum Gasteiger partial charge on any atom is 0.272 e. The number of hydrogen-bond acceptors (Lipinski definition) is 7. The summed E-state index contributed by atoms with van der Waals surface area (Å²) in [5.41, 5.74) is 2.01. The SMILES string of the molecule is Cc1[nH]c(-c2cc3nccc(Oc4ccc([N+](=O)[O-])cc4F)c3s2)nc1CN1CCCC1=O. The molecule has 0 bridgehead atoms. The van der Waals surface area contributed by atoms with Crippen LogP contribution >= 0.6 is 11.3 Å². The van der Waals surface area contributed by atoms with E-state index in [-0.39, 0.29) is 17.3 Å². The summed E-state index contributed by atoms with van der Waals surface area (Å²) < 4.78 is 20.7. The molecule has 1 amide bonds. The third-order valence-electron chi connectivity index (χ3n) is 5.45. The van der Waals surface area contributed by atoms with E-state index in [1.807, 2.05) is 17.9 Å². The molecule has 1 N–H and O–H groups in total. The Kier molecular flexibility index (Phi) is 5.25. The number of rotatable bonds is 6. The molecule has 5 rings (SSSR count). The largest absolute Gasteiger partial charge is 0.453 e. The molecular formula is C22H18FN5O4S. The molecule has 0 unspecified atom stereocenters. The summed E-state index contributed by atoms with van der Waals surface area (Å²) in [5.74, 6) is 0.244. The lowest BCUT2D eigenvalue weighted by atomic mass is 10.3. The van der Waals surface area contributed by atoms with Gasteiger partial charge < -0.3 is 14.6 Å². The van der Waals surface area contributed by atoms with Gasteiger partial charge in [-0.05, 0) is 25.5 Å². The number of carbonyl (C=O) groups excluding carboxylic acids is 1. The number of ether oxygens (including phenoxy) is 1. The number of fused-ring (bicyclic) bond motifs is 1. The molecule has 1 aliphatic rings. The maximum atomic E-state index is 14.3. The van der Waals surface area contributed by atoms with E-state index >= 15 is 0 Å². The van der Waals surface area contributed by atoms with Gasteiger partial charge in [0.1, 0.15) is 11.6 Å². The number of pyridine rings is 1. The fraction of sp³-hybridized carbons (Fsp3) is 0.227. The van der Waals surface area contributed by atoms with Gasteiger partial charge in [0.15, 0.2) is 11.6 Å². The summed E-state index contributed by atoms with van der Waals surface area (Å²) in [5, 5.41) is 10.8. The minimum absolute atomic E-state index is 0.116. The lowest BCUT2D eigenvalue weighted by molar-refractivity contribution is -0.385. The second kappa shape index (κ2) is 8.24. The smallest absolute Gasteiger partial charge is 0.272 e. The predicted molar refractivity (Wildman–Crippen MR) is 120 cm³/mol. The van der Waals surface area contributed by atoms with Gasteiger partial charge in [0.05, 0.1) is 38.3 Å². The van der Waals surface area contributed by atoms with Crippen LogP contribution in [0.1, 0.15) is 24.2 Å². The van der Waals surface area contributed by atoms with Crippen molar-refractivity contribution >= 4 is 33.1 Å². The molecular weight excluding hydrogens is 449 g/mol. The molecule has 0 spiro atoms. The number of imidazole rings is 1. The van der Waals surface area contributed by atoms with Gasteiger partial charge in [-0.25, -0.2) is 9.37 Å². The standard InChI is InChI=1S/C22H18FN5O4S/c1-12-16(11-27-8-2-3-20(27)29)26-22(25-12)19-10-15-21(33-19)18(6-7-24-15)32-17-5-4-13(28(30)31)9-14(17)23/h4-7,9-10H,2-3,8,11H2,1H3,(H,25,26). The van der Waals surface area contributed by atoms with Crippen LogP contribution in [-0.2, 0) is 11.3 Å². The highest BCUT2D eigenvalue weighted by Crippen LogP contribution is 2.39. The molecule has 11 heteroatoms. The topological polar surface area (TPSA) is 114 Å². The number of hydrogen-bond donors (Lipinski definition) is 1. The summed E-state index contributed by atoms with van der Waals surface area (Å²) in [7, 11) is 0. The first-order valence-corrected chi connectivity index (χ1v) is 11.0. The number of thiophene rings is 1. The number of carbonyl (C=O) groups is 1. The Morgan fingerprint density at radius 1 is 1.30 bits per heavy atom. The van der Waals surface area contributed by atoms with Crippen molar-refractivity contribution in [1.29, 1.82) is 0 Å². The number of nitrogens with zero attached hydrogens (tertiary/aromatic N) is 4. The fourth-order valence-corrected chi connectivity index (χ4v) is 4.75. The highest BCUT2D eigenvalue weighted by atomic mass is 32.1. The van der Waals surface area contributed by atoms with Crippen molar-refractivity contribution in [3.05, 3.63) is 63.8 Å². The number of aromatic amines is 1. The second-order valence-electron chi connectivity index (χ2n) is 7.68. The minimum atomic E-state index is -0.825. The molecule has 33 heavy (non-hydrogen) atoms. The van der Waals surface area contributed by atoms with Gasteiger partial charge >= 0.3 is 0 Å². The zero-order valence-electron chi connectivity index (χ0n) is 17.5. The molecule has 1 fully saturated rings. The summed E-state index contributed by atoms with van der Waals surface area (Å²) in [6.07, 6.45) is 3.00. The number of likely N-dealkylation sites (tertiary alicyclic amines) is 1. The van der Waals surface area contributed by atoms with Crippen LogP contribution in [0.4, 0.5) is 10.1 Å². The van der Waals surface area contributed by atoms with Gasteiger partial charge in [-0.1, -0.05) is 0 Å². The van der Waals surface area contributed by atoms with E-state index < -0.39 is 10.7 Å². The predicted octanol–water partition coefficient (Wildman–Crippen LogP) is 4.96. The lowest BCUT2D eigenvalue weighted by Crippen LogP contribution is -2.24. The zero-order chi connectivity index (χ0) is 23.1. The normalized spacial score (nSPS) is 13.8. The Hall–Kier alpha value is -3.86. The van der Waals surface area contributed by atoms with Crippen molar-refractivity contribution in [3.63, 3.8) is 0 Å². The van der Waals surface area contributed by atoms with E-state index in [9.17, 15) is 19.3 Å². The highest BCUT2D eigenvalue weighted by molar-refractivity contribution is 7.22. The number of amides is 1. The highest BCUT2D eigenvalue weighted by Gasteiger charge is 2.23. The number of aryl methyl sites for hydroxylation is 1. The number of aromatic nitrogens is 3. The van der Waals surface area contributed by atoms with Crippen molar-refractivity contribution in [2.75, 3.05) is 6.54 Å². The zero-order valence-corrected chi connectivity index (χ0v) is 18.3. The maximum absolute atomic E-state index is 14.3. The van der Waals surface area contributed by atoms with Crippen LogP contribution in [0, 0.1) is 22.9 Å². The van der Waals surface area contributed by atoms with Crippen molar-refractivity contribution in [2.45, 2.75) is 26.3 Å². The summed E-state index contributed by atoms with van der Waals surface area (Å²) in [6, 6.07) is 6.72. The van der Waals surface area contributed by atoms with Crippen LogP contribution in [-0.4, -0.2) is 37.2 Å². The quantitative estimate of drug-likeness (QED) is 0.317. The van der Waals surface area contributed by atoms with E-state index in [0.29, 0.717) is 34.8 Å². The average Bonchev–Trinajstić information content (AvgIpc) is 3.49. The molecule has 1 aliphatic heterocycles. The van der Waals surface area contributed by atoms with E-state index in [1.165, 1.54) is 23.5 Å². The molecule has 1 aromatic carbocycles. The van der Waals surface area contributed by atoms with Gasteiger partial charge in [0.25, 0.3) is 5.69 Å². The van der Waals surface area contributed by atoms with Gasteiger partial charge in [-0.3, -0.25) is 19.9 Å². The van der Waals surface area contributed by atoms with Gasteiger partial charge in [0.2, 0.25) is 5.91 Å². The van der Waals surface area contributed by atoms with Crippen molar-refractivity contribution < 1.29 is 18.8 Å². The summed E-state index contributed by atoms with van der Waals surface area (Å²) >= 11 is 1.38. The third-order valence-corrected chi connectivity index (χ3v) is 6.60. The molecule has 0 saturated carbocycles. The van der Waals surface area contributed by atoms with E-state index in [4.69, 9.17) is 9.72 Å². The number of H-pyrrole nitrogens is 1. The van der Waals surface area contributed by atoms with Gasteiger partial charge in [-0.2, -0.15) is 0 Å². The fourth-order valence-electron chi connectivity index (χ4n) is 3.74. The van der Waals surface area contributed by atoms with Crippen LogP contribution < -0.4 is 4.74 Å². The van der Waals surface area contributed by atoms with Crippen molar-refractivity contribution in [2.24, 2.45) is 0 Å². The summed E-state index contributed by atoms with van der Waals surface area (Å²) in [6.45, 7) is 3.13. The molecule has 1 saturated heterocycles. The molecule has 0 aliphatic carbocycles. The van der Waals surface area contributed by atoms with Crippen LogP contribution in [0.15, 0.2) is 36.5 Å². The van der Waals surface area contributed by atoms with E-state index in [1.54, 1.807) is 12.3 Å². The molecule has 0 radical (unpaired) electrons. The summed E-state index contributed by atoms with van der Waals surface area (Å²) in [4.78, 5) is 37.1. The van der Waals surface area contributed by atoms with Crippen LogP contribution in [0.25, 0.3) is 20.9 Å². The number of nitro groups is 1. The van der Waals surface area contributed by atoms with Gasteiger partial charge in [-0.15, -0.1) is 11.3 Å². The van der Waals surface area contributed by atoms with Crippen LogP contribution in [0.3, 0.4) is 0 Å². The first-order valence-electron chi connectivity index (χ1n) is 10.2. The number of nitrogens with one attached hydrogen (secondary N) is 1. The Morgan fingerprint density at radius 3 is 2.88 bits per heavy atom. The Balaban J connectivity index is 1.44. The minimum Gasteiger partial charge on any atom is -0.453 e.